The van der Waals surface area contributed by atoms with Crippen molar-refractivity contribution < 1.29 is 4.79 Å². The number of carbonyl (C=O) groups excluding carboxylic acids is 1. The van der Waals surface area contributed by atoms with Crippen LogP contribution in [0.15, 0.2) is 0 Å². The molecule has 1 rings (SSSR count). The van der Waals surface area contributed by atoms with Crippen LogP contribution in [0.4, 0.5) is 0 Å². The molecule has 2 nitrogen and oxygen atoms in total. The summed E-state index contributed by atoms with van der Waals surface area (Å²) in [6.45, 7) is 9.97. The number of aldehydes is 1. The normalized spacial score (nSPS) is 31.8. The van der Waals surface area contributed by atoms with E-state index in [2.05, 4.69) is 39.6 Å². The largest absolute Gasteiger partial charge is 0.303 e. The highest BCUT2D eigenvalue weighted by Gasteiger charge is 2.36. The summed E-state index contributed by atoms with van der Waals surface area (Å²) in [4.78, 5) is 13.9. The molecule has 3 atom stereocenters. The number of carbonyl (C=O) groups is 1. The maximum Gasteiger partial charge on any atom is 0.127 e. The standard InChI is InChI=1S/C15H29NO/c1-12(2)14(4)16(5)10-15(11-17)8-6-7-13(3)9-15/h11-14H,6-10H2,1-5H3. The Morgan fingerprint density at radius 1 is 1.41 bits per heavy atom. The summed E-state index contributed by atoms with van der Waals surface area (Å²) in [5.41, 5.74) is -0.0738. The van der Waals surface area contributed by atoms with E-state index in [0.717, 1.165) is 19.4 Å². The molecule has 0 N–H and O–H groups in total. The minimum atomic E-state index is -0.0738. The van der Waals surface area contributed by atoms with Gasteiger partial charge in [0.1, 0.15) is 6.29 Å². The zero-order valence-corrected chi connectivity index (χ0v) is 12.2. The highest BCUT2D eigenvalue weighted by molar-refractivity contribution is 5.60. The Balaban J connectivity index is 2.65. The third-order valence-electron chi connectivity index (χ3n) is 4.60. The molecule has 1 saturated carbocycles. The van der Waals surface area contributed by atoms with E-state index in [-0.39, 0.29) is 5.41 Å². The molecule has 100 valence electrons. The summed E-state index contributed by atoms with van der Waals surface area (Å²) < 4.78 is 0. The van der Waals surface area contributed by atoms with Crippen molar-refractivity contribution in [3.8, 4) is 0 Å². The van der Waals surface area contributed by atoms with E-state index < -0.39 is 0 Å². The monoisotopic (exact) mass is 239 g/mol. The molecule has 0 aliphatic heterocycles. The van der Waals surface area contributed by atoms with Crippen LogP contribution in [-0.4, -0.2) is 30.8 Å². The smallest absolute Gasteiger partial charge is 0.127 e. The van der Waals surface area contributed by atoms with E-state index in [4.69, 9.17) is 0 Å². The van der Waals surface area contributed by atoms with E-state index >= 15 is 0 Å². The molecule has 0 aromatic heterocycles. The Morgan fingerprint density at radius 2 is 2.06 bits per heavy atom. The van der Waals surface area contributed by atoms with Crippen molar-refractivity contribution in [2.75, 3.05) is 13.6 Å². The molecule has 1 aliphatic rings. The first kappa shape index (κ1) is 14.7. The van der Waals surface area contributed by atoms with Crippen molar-refractivity contribution in [3.05, 3.63) is 0 Å². The van der Waals surface area contributed by atoms with Crippen LogP contribution in [-0.2, 0) is 4.79 Å². The van der Waals surface area contributed by atoms with Crippen LogP contribution in [0.2, 0.25) is 0 Å². The Morgan fingerprint density at radius 3 is 2.53 bits per heavy atom. The lowest BCUT2D eigenvalue weighted by atomic mass is 9.70. The Hall–Kier alpha value is -0.370. The van der Waals surface area contributed by atoms with Crippen molar-refractivity contribution in [1.29, 1.82) is 0 Å². The van der Waals surface area contributed by atoms with Crippen molar-refractivity contribution in [2.45, 2.75) is 59.4 Å². The first-order valence-corrected chi connectivity index (χ1v) is 7.07. The van der Waals surface area contributed by atoms with Gasteiger partial charge in [0.05, 0.1) is 0 Å². The zero-order chi connectivity index (χ0) is 13.1. The van der Waals surface area contributed by atoms with Crippen molar-refractivity contribution in [2.24, 2.45) is 17.3 Å². The molecule has 1 fully saturated rings. The highest BCUT2D eigenvalue weighted by atomic mass is 16.1. The van der Waals surface area contributed by atoms with Gasteiger partial charge in [-0.05, 0) is 38.6 Å². The Bertz CT molecular complexity index is 251. The average Bonchev–Trinajstić information content (AvgIpc) is 2.27. The molecular formula is C15H29NO. The van der Waals surface area contributed by atoms with Crippen LogP contribution in [0.1, 0.15) is 53.4 Å². The quantitative estimate of drug-likeness (QED) is 0.686. The molecule has 2 heteroatoms. The van der Waals surface area contributed by atoms with Gasteiger partial charge in [-0.25, -0.2) is 0 Å². The van der Waals surface area contributed by atoms with Crippen molar-refractivity contribution in [1.82, 2.24) is 4.90 Å². The van der Waals surface area contributed by atoms with Crippen molar-refractivity contribution >= 4 is 6.29 Å². The SMILES string of the molecule is CC1CCCC(C=O)(CN(C)C(C)C(C)C)C1. The third kappa shape index (κ3) is 3.80. The minimum Gasteiger partial charge on any atom is -0.303 e. The fraction of sp³-hybridized carbons (Fsp3) is 0.933. The molecule has 17 heavy (non-hydrogen) atoms. The van der Waals surface area contributed by atoms with Gasteiger partial charge in [0.2, 0.25) is 0 Å². The topological polar surface area (TPSA) is 20.3 Å². The molecule has 0 heterocycles. The lowest BCUT2D eigenvalue weighted by Crippen LogP contribution is -2.44. The maximum atomic E-state index is 11.5. The molecule has 0 saturated heterocycles. The van der Waals surface area contributed by atoms with Gasteiger partial charge in [0.15, 0.2) is 0 Å². The summed E-state index contributed by atoms with van der Waals surface area (Å²) in [7, 11) is 2.16. The fourth-order valence-corrected chi connectivity index (χ4v) is 3.14. The van der Waals surface area contributed by atoms with Crippen LogP contribution in [0.5, 0.6) is 0 Å². The minimum absolute atomic E-state index is 0.0738. The van der Waals surface area contributed by atoms with Crippen LogP contribution < -0.4 is 0 Å². The lowest BCUT2D eigenvalue weighted by Gasteiger charge is -2.40. The van der Waals surface area contributed by atoms with Crippen LogP contribution in [0.3, 0.4) is 0 Å². The van der Waals surface area contributed by atoms with E-state index in [0.29, 0.717) is 17.9 Å². The number of hydrogen-bond acceptors (Lipinski definition) is 2. The fourth-order valence-electron chi connectivity index (χ4n) is 3.14. The molecule has 0 radical (unpaired) electrons. The second-order valence-electron chi connectivity index (χ2n) is 6.58. The van der Waals surface area contributed by atoms with Gasteiger partial charge in [-0.15, -0.1) is 0 Å². The summed E-state index contributed by atoms with van der Waals surface area (Å²) in [5, 5.41) is 0. The van der Waals surface area contributed by atoms with Gasteiger partial charge in [-0.3, -0.25) is 0 Å². The zero-order valence-electron chi connectivity index (χ0n) is 12.2. The number of nitrogens with zero attached hydrogens (tertiary/aromatic N) is 1. The van der Waals surface area contributed by atoms with Crippen LogP contribution in [0.25, 0.3) is 0 Å². The van der Waals surface area contributed by atoms with Crippen LogP contribution >= 0.6 is 0 Å². The Kier molecular flexibility index (Phi) is 5.18. The van der Waals surface area contributed by atoms with Crippen LogP contribution in [0, 0.1) is 17.3 Å². The Labute approximate surface area is 107 Å². The van der Waals surface area contributed by atoms with Gasteiger partial charge in [-0.2, -0.15) is 0 Å². The summed E-state index contributed by atoms with van der Waals surface area (Å²) >= 11 is 0. The second kappa shape index (κ2) is 5.99. The highest BCUT2D eigenvalue weighted by Crippen LogP contribution is 2.38. The molecule has 0 bridgehead atoms. The predicted molar refractivity (Wildman–Crippen MR) is 73.1 cm³/mol. The average molecular weight is 239 g/mol. The summed E-state index contributed by atoms with van der Waals surface area (Å²) in [5.74, 6) is 1.35. The van der Waals surface area contributed by atoms with Gasteiger partial charge in [0.25, 0.3) is 0 Å². The molecule has 0 amide bonds. The second-order valence-corrected chi connectivity index (χ2v) is 6.58. The van der Waals surface area contributed by atoms with E-state index in [1.54, 1.807) is 0 Å². The molecule has 3 unspecified atom stereocenters. The first-order chi connectivity index (χ1) is 7.90. The molecule has 0 aromatic carbocycles. The van der Waals surface area contributed by atoms with Gasteiger partial charge in [-0.1, -0.05) is 33.6 Å². The summed E-state index contributed by atoms with van der Waals surface area (Å²) in [6.07, 6.45) is 5.90. The molecule has 0 spiro atoms. The molecular weight excluding hydrogens is 210 g/mol. The summed E-state index contributed by atoms with van der Waals surface area (Å²) in [6, 6.07) is 0.545. The van der Waals surface area contributed by atoms with E-state index in [1.807, 2.05) is 0 Å². The van der Waals surface area contributed by atoms with Gasteiger partial charge < -0.3 is 9.69 Å². The molecule has 1 aliphatic carbocycles. The first-order valence-electron chi connectivity index (χ1n) is 7.07. The number of hydrogen-bond donors (Lipinski definition) is 0. The van der Waals surface area contributed by atoms with E-state index in [9.17, 15) is 4.79 Å². The number of rotatable bonds is 5. The maximum absolute atomic E-state index is 11.5. The van der Waals surface area contributed by atoms with Crippen molar-refractivity contribution in [3.63, 3.8) is 0 Å². The molecule has 0 aromatic rings. The lowest BCUT2D eigenvalue weighted by molar-refractivity contribution is -0.120. The third-order valence-corrected chi connectivity index (χ3v) is 4.60. The van der Waals surface area contributed by atoms with Gasteiger partial charge in [0, 0.05) is 18.0 Å². The predicted octanol–water partition coefficient (Wildman–Crippen LogP) is 3.36. The van der Waals surface area contributed by atoms with Gasteiger partial charge >= 0.3 is 0 Å². The van der Waals surface area contributed by atoms with E-state index in [1.165, 1.54) is 19.1 Å².